The molecule has 1 aromatic rings. The van der Waals surface area contributed by atoms with E-state index < -0.39 is 0 Å². The van der Waals surface area contributed by atoms with Crippen molar-refractivity contribution in [1.29, 1.82) is 0 Å². The van der Waals surface area contributed by atoms with Crippen molar-refractivity contribution in [2.24, 2.45) is 4.99 Å². The second-order valence-electron chi connectivity index (χ2n) is 7.09. The molecule has 2 N–H and O–H groups in total. The van der Waals surface area contributed by atoms with Gasteiger partial charge in [0.05, 0.1) is 6.61 Å². The molecule has 1 aromatic carbocycles. The van der Waals surface area contributed by atoms with Gasteiger partial charge in [0.25, 0.3) is 0 Å². The Balaban J connectivity index is 1.76. The number of guanidine groups is 1. The maximum absolute atomic E-state index is 5.90. The van der Waals surface area contributed by atoms with Gasteiger partial charge in [0.15, 0.2) is 5.96 Å². The summed E-state index contributed by atoms with van der Waals surface area (Å²) in [6.45, 7) is 15.7. The van der Waals surface area contributed by atoms with Crippen LogP contribution in [-0.2, 0) is 6.54 Å². The molecule has 1 heterocycles. The SMILES string of the molecule is CCCOc1cc(C)ccc1CNC(=NC)NCCN1CCN(CC)CC1. The van der Waals surface area contributed by atoms with Crippen LogP contribution in [0, 0.1) is 6.92 Å². The number of rotatable bonds is 9. The molecule has 0 unspecified atom stereocenters. The van der Waals surface area contributed by atoms with Gasteiger partial charge in [-0.3, -0.25) is 9.89 Å². The number of likely N-dealkylation sites (N-methyl/N-ethyl adjacent to an activating group) is 1. The number of nitrogens with one attached hydrogen (secondary N) is 2. The average Bonchev–Trinajstić information content (AvgIpc) is 2.70. The van der Waals surface area contributed by atoms with Crippen LogP contribution in [-0.4, -0.2) is 75.2 Å². The standard InChI is InChI=1S/C21H37N5O/c1-5-15-27-20-16-18(3)7-8-19(20)17-24-21(22-4)23-9-10-26-13-11-25(6-2)12-14-26/h7-8,16H,5-6,9-15,17H2,1-4H3,(H2,22,23,24). The zero-order valence-corrected chi connectivity index (χ0v) is 17.6. The van der Waals surface area contributed by atoms with E-state index in [4.69, 9.17) is 4.74 Å². The number of hydrogen-bond donors (Lipinski definition) is 2. The fourth-order valence-corrected chi connectivity index (χ4v) is 3.22. The zero-order valence-electron chi connectivity index (χ0n) is 17.6. The number of piperazine rings is 1. The molecule has 1 saturated heterocycles. The van der Waals surface area contributed by atoms with Gasteiger partial charge < -0.3 is 20.3 Å². The zero-order chi connectivity index (χ0) is 19.5. The largest absolute Gasteiger partial charge is 0.493 e. The third-order valence-corrected chi connectivity index (χ3v) is 4.99. The Labute approximate surface area is 165 Å². The van der Waals surface area contributed by atoms with Crippen LogP contribution in [0.15, 0.2) is 23.2 Å². The quantitative estimate of drug-likeness (QED) is 0.511. The first-order valence-electron chi connectivity index (χ1n) is 10.3. The van der Waals surface area contributed by atoms with Crippen LogP contribution in [0.3, 0.4) is 0 Å². The number of hydrogen-bond acceptors (Lipinski definition) is 4. The van der Waals surface area contributed by atoms with Gasteiger partial charge in [-0.2, -0.15) is 0 Å². The normalized spacial score (nSPS) is 16.4. The van der Waals surface area contributed by atoms with Crippen molar-refractivity contribution in [2.45, 2.75) is 33.7 Å². The van der Waals surface area contributed by atoms with Gasteiger partial charge in [-0.25, -0.2) is 0 Å². The first kappa shape index (κ1) is 21.5. The lowest BCUT2D eigenvalue weighted by atomic mass is 10.1. The summed E-state index contributed by atoms with van der Waals surface area (Å²) in [6, 6.07) is 6.37. The van der Waals surface area contributed by atoms with Gasteiger partial charge in [-0.15, -0.1) is 0 Å². The van der Waals surface area contributed by atoms with Crippen LogP contribution < -0.4 is 15.4 Å². The Morgan fingerprint density at radius 1 is 1.11 bits per heavy atom. The molecule has 1 aliphatic rings. The molecule has 0 radical (unpaired) electrons. The number of ether oxygens (including phenoxy) is 1. The van der Waals surface area contributed by atoms with Crippen LogP contribution in [0.25, 0.3) is 0 Å². The summed E-state index contributed by atoms with van der Waals surface area (Å²) in [5.74, 6) is 1.80. The molecule has 0 aromatic heterocycles. The number of aryl methyl sites for hydroxylation is 1. The van der Waals surface area contributed by atoms with Gasteiger partial charge in [-0.1, -0.05) is 26.0 Å². The minimum absolute atomic E-state index is 0.703. The summed E-state index contributed by atoms with van der Waals surface area (Å²) in [5, 5.41) is 6.84. The summed E-state index contributed by atoms with van der Waals surface area (Å²) in [7, 11) is 1.82. The van der Waals surface area contributed by atoms with Crippen molar-refractivity contribution in [1.82, 2.24) is 20.4 Å². The van der Waals surface area contributed by atoms with Gasteiger partial charge in [-0.05, 0) is 31.5 Å². The highest BCUT2D eigenvalue weighted by Crippen LogP contribution is 2.20. The first-order valence-corrected chi connectivity index (χ1v) is 10.3. The molecule has 0 amide bonds. The Morgan fingerprint density at radius 2 is 1.85 bits per heavy atom. The predicted octanol–water partition coefficient (Wildman–Crippen LogP) is 2.09. The van der Waals surface area contributed by atoms with Crippen molar-refractivity contribution in [3.05, 3.63) is 29.3 Å². The third-order valence-electron chi connectivity index (χ3n) is 4.99. The topological polar surface area (TPSA) is 52.1 Å². The molecule has 0 bridgehead atoms. The maximum atomic E-state index is 5.90. The highest BCUT2D eigenvalue weighted by atomic mass is 16.5. The van der Waals surface area contributed by atoms with E-state index in [2.05, 4.69) is 64.4 Å². The molecule has 0 atom stereocenters. The van der Waals surface area contributed by atoms with E-state index in [0.29, 0.717) is 6.54 Å². The molecular formula is C21H37N5O. The van der Waals surface area contributed by atoms with E-state index in [0.717, 1.165) is 63.0 Å². The van der Waals surface area contributed by atoms with Gasteiger partial charge in [0.2, 0.25) is 0 Å². The van der Waals surface area contributed by atoms with Gasteiger partial charge in [0, 0.05) is 58.4 Å². The van der Waals surface area contributed by atoms with Crippen molar-refractivity contribution in [3.8, 4) is 5.75 Å². The minimum Gasteiger partial charge on any atom is -0.493 e. The Hall–Kier alpha value is -1.79. The Morgan fingerprint density at radius 3 is 2.52 bits per heavy atom. The molecule has 0 spiro atoms. The van der Waals surface area contributed by atoms with Crippen LogP contribution in [0.4, 0.5) is 0 Å². The molecular weight excluding hydrogens is 338 g/mol. The third kappa shape index (κ3) is 7.39. The van der Waals surface area contributed by atoms with Crippen molar-refractivity contribution < 1.29 is 4.74 Å². The van der Waals surface area contributed by atoms with Crippen LogP contribution >= 0.6 is 0 Å². The summed E-state index contributed by atoms with van der Waals surface area (Å²) in [4.78, 5) is 9.37. The molecule has 6 heteroatoms. The van der Waals surface area contributed by atoms with Gasteiger partial charge >= 0.3 is 0 Å². The summed E-state index contributed by atoms with van der Waals surface area (Å²) in [6.07, 6.45) is 1.01. The molecule has 152 valence electrons. The van der Waals surface area contributed by atoms with Crippen molar-refractivity contribution >= 4 is 5.96 Å². The molecule has 1 aliphatic heterocycles. The van der Waals surface area contributed by atoms with E-state index in [1.807, 2.05) is 7.05 Å². The lowest BCUT2D eigenvalue weighted by molar-refractivity contribution is 0.139. The van der Waals surface area contributed by atoms with Crippen molar-refractivity contribution in [2.75, 3.05) is 59.5 Å². The molecule has 0 aliphatic carbocycles. The monoisotopic (exact) mass is 375 g/mol. The summed E-state index contributed by atoms with van der Waals surface area (Å²) >= 11 is 0. The Kier molecular flexibility index (Phi) is 9.42. The number of aliphatic imine (C=N–C) groups is 1. The van der Waals surface area contributed by atoms with E-state index >= 15 is 0 Å². The molecule has 2 rings (SSSR count). The van der Waals surface area contributed by atoms with Gasteiger partial charge in [0.1, 0.15) is 5.75 Å². The first-order chi connectivity index (χ1) is 13.2. The molecule has 0 saturated carbocycles. The predicted molar refractivity (Wildman–Crippen MR) is 114 cm³/mol. The van der Waals surface area contributed by atoms with Crippen molar-refractivity contribution in [3.63, 3.8) is 0 Å². The fraction of sp³-hybridized carbons (Fsp3) is 0.667. The van der Waals surface area contributed by atoms with E-state index in [1.54, 1.807) is 0 Å². The van der Waals surface area contributed by atoms with E-state index in [9.17, 15) is 0 Å². The highest BCUT2D eigenvalue weighted by molar-refractivity contribution is 5.79. The molecule has 27 heavy (non-hydrogen) atoms. The lowest BCUT2D eigenvalue weighted by Crippen LogP contribution is -2.49. The lowest BCUT2D eigenvalue weighted by Gasteiger charge is -2.34. The summed E-state index contributed by atoms with van der Waals surface area (Å²) in [5.41, 5.74) is 2.38. The van der Waals surface area contributed by atoms with Crippen LogP contribution in [0.1, 0.15) is 31.4 Å². The molecule has 6 nitrogen and oxygen atoms in total. The number of nitrogens with zero attached hydrogens (tertiary/aromatic N) is 3. The maximum Gasteiger partial charge on any atom is 0.191 e. The van der Waals surface area contributed by atoms with Crippen LogP contribution in [0.2, 0.25) is 0 Å². The minimum atomic E-state index is 0.703. The Bertz CT molecular complexity index is 582. The summed E-state index contributed by atoms with van der Waals surface area (Å²) < 4.78 is 5.90. The van der Waals surface area contributed by atoms with Crippen LogP contribution in [0.5, 0.6) is 5.75 Å². The highest BCUT2D eigenvalue weighted by Gasteiger charge is 2.14. The van der Waals surface area contributed by atoms with E-state index in [-0.39, 0.29) is 0 Å². The average molecular weight is 376 g/mol. The number of benzene rings is 1. The second kappa shape index (κ2) is 11.8. The second-order valence-corrected chi connectivity index (χ2v) is 7.09. The molecule has 1 fully saturated rings. The smallest absolute Gasteiger partial charge is 0.191 e. The fourth-order valence-electron chi connectivity index (χ4n) is 3.22. The van der Waals surface area contributed by atoms with E-state index in [1.165, 1.54) is 18.7 Å².